The van der Waals surface area contributed by atoms with Gasteiger partial charge in [0.05, 0.1) is 19.9 Å². The molecule has 0 fully saturated rings. The second kappa shape index (κ2) is 12.9. The molecule has 0 saturated heterocycles. The number of carbonyl (C=O) groups is 1. The zero-order valence-electron chi connectivity index (χ0n) is 16.2. The molecule has 9 heteroatoms. The largest absolute Gasteiger partial charge is 0.497 e. The third kappa shape index (κ3) is 8.07. The van der Waals surface area contributed by atoms with Gasteiger partial charge in [0.25, 0.3) is 5.91 Å². The molecule has 0 aliphatic rings. The van der Waals surface area contributed by atoms with E-state index in [1.807, 2.05) is 31.2 Å². The number of furan rings is 1. The lowest BCUT2D eigenvalue weighted by Gasteiger charge is -2.18. The molecule has 2 aromatic rings. The zero-order chi connectivity index (χ0) is 19.5. The van der Waals surface area contributed by atoms with E-state index in [2.05, 4.69) is 20.9 Å². The molecule has 0 bridgehead atoms. The van der Waals surface area contributed by atoms with E-state index in [-0.39, 0.29) is 36.0 Å². The average molecular weight is 502 g/mol. The van der Waals surface area contributed by atoms with Crippen molar-refractivity contribution in [2.45, 2.75) is 13.0 Å². The molecule has 8 nitrogen and oxygen atoms in total. The molecule has 1 aromatic heterocycles. The second-order valence-corrected chi connectivity index (χ2v) is 5.72. The van der Waals surface area contributed by atoms with Crippen LogP contribution in [0.15, 0.2) is 52.1 Å². The number of hydrogen-bond acceptors (Lipinski definition) is 5. The van der Waals surface area contributed by atoms with Crippen molar-refractivity contribution < 1.29 is 18.7 Å². The first-order valence-corrected chi connectivity index (χ1v) is 8.69. The van der Waals surface area contributed by atoms with E-state index < -0.39 is 0 Å². The maximum atomic E-state index is 11.8. The highest BCUT2D eigenvalue weighted by atomic mass is 127. The number of nitrogens with zero attached hydrogens (tertiary/aromatic N) is 1. The molecule has 154 valence electrons. The van der Waals surface area contributed by atoms with Gasteiger partial charge < -0.3 is 29.8 Å². The van der Waals surface area contributed by atoms with Crippen LogP contribution in [0.1, 0.15) is 17.5 Å². The van der Waals surface area contributed by atoms with Gasteiger partial charge in [0.1, 0.15) is 17.6 Å². The fraction of sp³-hybridized carbons (Fsp3) is 0.368. The van der Waals surface area contributed by atoms with E-state index in [1.54, 1.807) is 26.3 Å². The highest BCUT2D eigenvalue weighted by Crippen LogP contribution is 2.19. The lowest BCUT2D eigenvalue weighted by molar-refractivity contribution is 0.0926. The third-order valence-corrected chi connectivity index (χ3v) is 3.61. The highest BCUT2D eigenvalue weighted by molar-refractivity contribution is 14.0. The Balaban J connectivity index is 0.00000392. The topological polar surface area (TPSA) is 97.1 Å². The lowest BCUT2D eigenvalue weighted by atomic mass is 10.3. The predicted molar refractivity (Wildman–Crippen MR) is 119 cm³/mol. The molecule has 0 spiro atoms. The van der Waals surface area contributed by atoms with Crippen LogP contribution < -0.4 is 25.4 Å². The maximum Gasteiger partial charge on any atom is 0.287 e. The van der Waals surface area contributed by atoms with E-state index in [9.17, 15) is 4.79 Å². The van der Waals surface area contributed by atoms with Crippen molar-refractivity contribution in [1.82, 2.24) is 16.0 Å². The monoisotopic (exact) mass is 502 g/mol. The molecule has 0 saturated carbocycles. The summed E-state index contributed by atoms with van der Waals surface area (Å²) >= 11 is 0. The van der Waals surface area contributed by atoms with Gasteiger partial charge in [-0.05, 0) is 31.2 Å². The molecule has 2 rings (SSSR count). The number of methoxy groups -OCH3 is 1. The molecule has 1 heterocycles. The number of nitrogens with one attached hydrogen (secondary N) is 3. The number of rotatable bonds is 9. The van der Waals surface area contributed by atoms with Gasteiger partial charge in [0.2, 0.25) is 0 Å². The van der Waals surface area contributed by atoms with Crippen LogP contribution in [0, 0.1) is 0 Å². The normalized spacial score (nSPS) is 11.8. The minimum atomic E-state index is -0.245. The van der Waals surface area contributed by atoms with Gasteiger partial charge in [0.15, 0.2) is 11.7 Å². The van der Waals surface area contributed by atoms with Crippen molar-refractivity contribution in [3.05, 3.63) is 48.4 Å². The van der Waals surface area contributed by atoms with Crippen LogP contribution in [0.3, 0.4) is 0 Å². The number of ether oxygens (including phenoxy) is 2. The molecule has 28 heavy (non-hydrogen) atoms. The Morgan fingerprint density at radius 2 is 1.89 bits per heavy atom. The van der Waals surface area contributed by atoms with Crippen molar-refractivity contribution in [2.75, 3.05) is 33.8 Å². The Kier molecular flexibility index (Phi) is 10.8. The second-order valence-electron chi connectivity index (χ2n) is 5.72. The number of benzene rings is 1. The summed E-state index contributed by atoms with van der Waals surface area (Å²) in [5.74, 6) is 2.17. The number of carbonyl (C=O) groups excluding carboxylic acids is 1. The SMILES string of the molecule is CN=C(NCCNC(=O)c1ccco1)NCC(C)Oc1cccc(OC)c1.I. The summed E-state index contributed by atoms with van der Waals surface area (Å²) in [7, 11) is 3.31. The van der Waals surface area contributed by atoms with Gasteiger partial charge in [-0.25, -0.2) is 0 Å². The van der Waals surface area contributed by atoms with E-state index in [0.717, 1.165) is 11.5 Å². The van der Waals surface area contributed by atoms with Crippen LogP contribution in [0.5, 0.6) is 11.5 Å². The smallest absolute Gasteiger partial charge is 0.287 e. The molecule has 0 aliphatic carbocycles. The third-order valence-electron chi connectivity index (χ3n) is 3.61. The van der Waals surface area contributed by atoms with Crippen molar-refractivity contribution in [3.63, 3.8) is 0 Å². The van der Waals surface area contributed by atoms with Crippen LogP contribution in [0.2, 0.25) is 0 Å². The van der Waals surface area contributed by atoms with Gasteiger partial charge in [-0.1, -0.05) is 6.07 Å². The Morgan fingerprint density at radius 1 is 1.14 bits per heavy atom. The van der Waals surface area contributed by atoms with Gasteiger partial charge in [-0.2, -0.15) is 0 Å². The van der Waals surface area contributed by atoms with Crippen LogP contribution >= 0.6 is 24.0 Å². The molecule has 1 aromatic carbocycles. The minimum absolute atomic E-state index is 0. The Morgan fingerprint density at radius 3 is 2.57 bits per heavy atom. The summed E-state index contributed by atoms with van der Waals surface area (Å²) in [6.45, 7) is 3.49. The summed E-state index contributed by atoms with van der Waals surface area (Å²) in [4.78, 5) is 15.9. The fourth-order valence-electron chi connectivity index (χ4n) is 2.26. The van der Waals surface area contributed by atoms with Crippen molar-refractivity contribution in [3.8, 4) is 11.5 Å². The Bertz CT molecular complexity index is 737. The molecule has 0 radical (unpaired) electrons. The molecular weight excluding hydrogens is 475 g/mol. The van der Waals surface area contributed by atoms with E-state index in [4.69, 9.17) is 13.9 Å². The van der Waals surface area contributed by atoms with Gasteiger partial charge in [-0.3, -0.25) is 9.79 Å². The first kappa shape index (κ1) is 23.6. The van der Waals surface area contributed by atoms with Crippen molar-refractivity contribution >= 4 is 35.8 Å². The quantitative estimate of drug-likeness (QED) is 0.211. The zero-order valence-corrected chi connectivity index (χ0v) is 18.6. The van der Waals surface area contributed by atoms with Crippen LogP contribution in [0.25, 0.3) is 0 Å². The highest BCUT2D eigenvalue weighted by Gasteiger charge is 2.08. The Hall–Kier alpha value is -2.43. The van der Waals surface area contributed by atoms with Gasteiger partial charge in [-0.15, -0.1) is 24.0 Å². The minimum Gasteiger partial charge on any atom is -0.497 e. The average Bonchev–Trinajstić information content (AvgIpc) is 3.22. The number of hydrogen-bond donors (Lipinski definition) is 3. The Labute approximate surface area is 182 Å². The van der Waals surface area contributed by atoms with Gasteiger partial charge >= 0.3 is 0 Å². The lowest BCUT2D eigenvalue weighted by Crippen LogP contribution is -2.44. The molecule has 0 aliphatic heterocycles. The summed E-state index contributed by atoms with van der Waals surface area (Å²) in [5, 5.41) is 9.07. The van der Waals surface area contributed by atoms with Crippen LogP contribution in [-0.2, 0) is 0 Å². The molecule has 1 unspecified atom stereocenters. The number of halogens is 1. The maximum absolute atomic E-state index is 11.8. The molecule has 1 atom stereocenters. The van der Waals surface area contributed by atoms with Crippen molar-refractivity contribution in [1.29, 1.82) is 0 Å². The van der Waals surface area contributed by atoms with Gasteiger partial charge in [0, 0.05) is 26.2 Å². The van der Waals surface area contributed by atoms with E-state index in [1.165, 1.54) is 6.26 Å². The molecule has 1 amide bonds. The number of aliphatic imine (C=N–C) groups is 1. The summed E-state index contributed by atoms with van der Waals surface area (Å²) in [6, 6.07) is 10.8. The predicted octanol–water partition coefficient (Wildman–Crippen LogP) is 2.27. The standard InChI is InChI=1S/C19H26N4O4.HI/c1-14(27-16-7-4-6-15(12-16)25-3)13-23-19(20-2)22-10-9-21-18(24)17-8-5-11-26-17;/h4-8,11-12,14H,9-10,13H2,1-3H3,(H,21,24)(H2,20,22,23);1H. The summed E-state index contributed by atoms with van der Waals surface area (Å²) in [6.07, 6.45) is 1.39. The van der Waals surface area contributed by atoms with Crippen LogP contribution in [0.4, 0.5) is 0 Å². The first-order chi connectivity index (χ1) is 13.1. The molecule has 3 N–H and O–H groups in total. The number of guanidine groups is 1. The van der Waals surface area contributed by atoms with Crippen LogP contribution in [-0.4, -0.2) is 51.8 Å². The molecular formula is C19H27IN4O4. The van der Waals surface area contributed by atoms with E-state index in [0.29, 0.717) is 31.4 Å². The summed E-state index contributed by atoms with van der Waals surface area (Å²) < 4.78 is 16.1. The van der Waals surface area contributed by atoms with Crippen molar-refractivity contribution in [2.24, 2.45) is 4.99 Å². The first-order valence-electron chi connectivity index (χ1n) is 8.69. The summed E-state index contributed by atoms with van der Waals surface area (Å²) in [5.41, 5.74) is 0. The fourth-order valence-corrected chi connectivity index (χ4v) is 2.26. The number of amides is 1. The van der Waals surface area contributed by atoms with E-state index >= 15 is 0 Å².